The Labute approximate surface area is 122 Å². The standard InChI is InChI=1S/C15H18BrN3/c1-10(2)15-18-13(16)8-14(19-15)17-9-12-7-5-4-6-11(12)3/h4-8,10H,9H2,1-3H3,(H,17,18,19). The van der Waals surface area contributed by atoms with Gasteiger partial charge < -0.3 is 5.32 Å². The van der Waals surface area contributed by atoms with Crippen LogP contribution in [0.4, 0.5) is 5.82 Å². The third kappa shape index (κ3) is 3.77. The summed E-state index contributed by atoms with van der Waals surface area (Å²) in [6.07, 6.45) is 0. The smallest absolute Gasteiger partial charge is 0.134 e. The fourth-order valence-electron chi connectivity index (χ4n) is 1.78. The zero-order valence-corrected chi connectivity index (χ0v) is 13.0. The van der Waals surface area contributed by atoms with Gasteiger partial charge in [-0.3, -0.25) is 0 Å². The second kappa shape index (κ2) is 6.15. The van der Waals surface area contributed by atoms with E-state index in [0.29, 0.717) is 5.92 Å². The van der Waals surface area contributed by atoms with Gasteiger partial charge in [0.2, 0.25) is 0 Å². The lowest BCUT2D eigenvalue weighted by molar-refractivity contribution is 0.769. The number of benzene rings is 1. The quantitative estimate of drug-likeness (QED) is 0.854. The van der Waals surface area contributed by atoms with Gasteiger partial charge in [-0.2, -0.15) is 0 Å². The van der Waals surface area contributed by atoms with E-state index in [1.54, 1.807) is 0 Å². The minimum Gasteiger partial charge on any atom is -0.366 e. The van der Waals surface area contributed by atoms with E-state index in [4.69, 9.17) is 0 Å². The van der Waals surface area contributed by atoms with Crippen LogP contribution in [0.15, 0.2) is 34.9 Å². The van der Waals surface area contributed by atoms with Gasteiger partial charge >= 0.3 is 0 Å². The van der Waals surface area contributed by atoms with Gasteiger partial charge in [-0.1, -0.05) is 38.1 Å². The van der Waals surface area contributed by atoms with Crippen LogP contribution < -0.4 is 5.32 Å². The van der Waals surface area contributed by atoms with Crippen LogP contribution in [0.25, 0.3) is 0 Å². The van der Waals surface area contributed by atoms with Crippen molar-refractivity contribution in [2.24, 2.45) is 0 Å². The number of anilines is 1. The van der Waals surface area contributed by atoms with E-state index in [2.05, 4.69) is 76.3 Å². The van der Waals surface area contributed by atoms with Crippen LogP contribution in [-0.2, 0) is 6.54 Å². The molecule has 0 amide bonds. The van der Waals surface area contributed by atoms with E-state index in [1.807, 2.05) is 6.07 Å². The van der Waals surface area contributed by atoms with Crippen molar-refractivity contribution < 1.29 is 0 Å². The van der Waals surface area contributed by atoms with Gasteiger partial charge in [0.1, 0.15) is 16.2 Å². The molecule has 2 aromatic rings. The SMILES string of the molecule is Cc1ccccc1CNc1cc(Br)nc(C(C)C)n1. The third-order valence-corrected chi connectivity index (χ3v) is 3.36. The second-order valence-corrected chi connectivity index (χ2v) is 5.68. The van der Waals surface area contributed by atoms with Crippen molar-refractivity contribution in [3.63, 3.8) is 0 Å². The number of hydrogen-bond donors (Lipinski definition) is 1. The lowest BCUT2D eigenvalue weighted by atomic mass is 10.1. The van der Waals surface area contributed by atoms with Crippen LogP contribution in [0.5, 0.6) is 0 Å². The summed E-state index contributed by atoms with van der Waals surface area (Å²) in [5, 5.41) is 3.36. The number of halogens is 1. The summed E-state index contributed by atoms with van der Waals surface area (Å²) in [7, 11) is 0. The third-order valence-electron chi connectivity index (χ3n) is 2.95. The molecule has 1 aromatic carbocycles. The van der Waals surface area contributed by atoms with Crippen LogP contribution in [-0.4, -0.2) is 9.97 Å². The summed E-state index contributed by atoms with van der Waals surface area (Å²) in [6, 6.07) is 10.3. The molecule has 0 aliphatic carbocycles. The van der Waals surface area contributed by atoms with Crippen LogP contribution in [0.1, 0.15) is 36.7 Å². The van der Waals surface area contributed by atoms with Gasteiger partial charge in [-0.05, 0) is 34.0 Å². The summed E-state index contributed by atoms with van der Waals surface area (Å²) in [6.45, 7) is 7.07. The molecule has 0 saturated carbocycles. The lowest BCUT2D eigenvalue weighted by Crippen LogP contribution is -2.06. The number of hydrogen-bond acceptors (Lipinski definition) is 3. The molecule has 1 N–H and O–H groups in total. The molecule has 100 valence electrons. The Morgan fingerprint density at radius 3 is 2.63 bits per heavy atom. The van der Waals surface area contributed by atoms with Crippen LogP contribution >= 0.6 is 15.9 Å². The average molecular weight is 320 g/mol. The van der Waals surface area contributed by atoms with Crippen molar-refractivity contribution in [2.45, 2.75) is 33.2 Å². The number of nitrogens with one attached hydrogen (secondary N) is 1. The Morgan fingerprint density at radius 1 is 1.21 bits per heavy atom. The Balaban J connectivity index is 2.14. The zero-order chi connectivity index (χ0) is 13.8. The van der Waals surface area contributed by atoms with Crippen LogP contribution in [0.3, 0.4) is 0 Å². The van der Waals surface area contributed by atoms with Gasteiger partial charge in [0.15, 0.2) is 0 Å². The van der Waals surface area contributed by atoms with Gasteiger partial charge in [0.05, 0.1) is 0 Å². The van der Waals surface area contributed by atoms with Gasteiger partial charge in [0, 0.05) is 18.5 Å². The molecule has 0 unspecified atom stereocenters. The van der Waals surface area contributed by atoms with Crippen molar-refractivity contribution in [3.05, 3.63) is 51.9 Å². The van der Waals surface area contributed by atoms with Crippen molar-refractivity contribution in [3.8, 4) is 0 Å². The van der Waals surface area contributed by atoms with E-state index in [-0.39, 0.29) is 0 Å². The van der Waals surface area contributed by atoms with Crippen molar-refractivity contribution in [1.82, 2.24) is 9.97 Å². The molecule has 0 saturated heterocycles. The highest BCUT2D eigenvalue weighted by atomic mass is 79.9. The molecule has 0 fully saturated rings. The van der Waals surface area contributed by atoms with Crippen molar-refractivity contribution in [1.29, 1.82) is 0 Å². The first-order valence-electron chi connectivity index (χ1n) is 6.39. The summed E-state index contributed by atoms with van der Waals surface area (Å²) in [4.78, 5) is 8.90. The molecule has 1 aromatic heterocycles. The molecule has 1 heterocycles. The molecule has 0 spiro atoms. The first-order valence-corrected chi connectivity index (χ1v) is 7.18. The van der Waals surface area contributed by atoms with E-state index in [0.717, 1.165) is 22.8 Å². The van der Waals surface area contributed by atoms with E-state index < -0.39 is 0 Å². The molecule has 0 bridgehead atoms. The van der Waals surface area contributed by atoms with Crippen LogP contribution in [0, 0.1) is 6.92 Å². The predicted molar refractivity (Wildman–Crippen MR) is 82.3 cm³/mol. The van der Waals surface area contributed by atoms with E-state index >= 15 is 0 Å². The highest BCUT2D eigenvalue weighted by Crippen LogP contribution is 2.18. The topological polar surface area (TPSA) is 37.8 Å². The van der Waals surface area contributed by atoms with Gasteiger partial charge in [0.25, 0.3) is 0 Å². The molecule has 3 nitrogen and oxygen atoms in total. The van der Waals surface area contributed by atoms with E-state index in [1.165, 1.54) is 11.1 Å². The predicted octanol–water partition coefficient (Wildman–Crippen LogP) is 4.28. The minimum atomic E-state index is 0.316. The van der Waals surface area contributed by atoms with Crippen LogP contribution in [0.2, 0.25) is 0 Å². The average Bonchev–Trinajstić information content (AvgIpc) is 2.37. The van der Waals surface area contributed by atoms with Crippen molar-refractivity contribution >= 4 is 21.7 Å². The maximum absolute atomic E-state index is 4.53. The molecule has 0 aliphatic rings. The summed E-state index contributed by atoms with van der Waals surface area (Å²) in [5.41, 5.74) is 2.57. The lowest BCUT2D eigenvalue weighted by Gasteiger charge is -2.11. The Bertz CT molecular complexity index is 567. The fourth-order valence-corrected chi connectivity index (χ4v) is 2.18. The molecular weight excluding hydrogens is 302 g/mol. The maximum atomic E-state index is 4.53. The van der Waals surface area contributed by atoms with Crippen molar-refractivity contribution in [2.75, 3.05) is 5.32 Å². The Hall–Kier alpha value is -1.42. The molecule has 0 radical (unpaired) electrons. The maximum Gasteiger partial charge on any atom is 0.134 e. The highest BCUT2D eigenvalue weighted by molar-refractivity contribution is 9.10. The number of rotatable bonds is 4. The molecule has 19 heavy (non-hydrogen) atoms. The largest absolute Gasteiger partial charge is 0.366 e. The molecule has 4 heteroatoms. The number of aryl methyl sites for hydroxylation is 1. The molecular formula is C15H18BrN3. The zero-order valence-electron chi connectivity index (χ0n) is 11.4. The molecule has 2 rings (SSSR count). The normalized spacial score (nSPS) is 10.8. The highest BCUT2D eigenvalue weighted by Gasteiger charge is 2.07. The number of nitrogens with zero attached hydrogens (tertiary/aromatic N) is 2. The summed E-state index contributed by atoms with van der Waals surface area (Å²) in [5.74, 6) is 2.02. The first kappa shape index (κ1) is 14.0. The minimum absolute atomic E-state index is 0.316. The number of aromatic nitrogens is 2. The molecule has 0 atom stereocenters. The van der Waals surface area contributed by atoms with Gasteiger partial charge in [-0.15, -0.1) is 0 Å². The Morgan fingerprint density at radius 2 is 1.95 bits per heavy atom. The molecule has 0 aliphatic heterocycles. The fraction of sp³-hybridized carbons (Fsp3) is 0.333. The second-order valence-electron chi connectivity index (χ2n) is 4.87. The monoisotopic (exact) mass is 319 g/mol. The Kier molecular flexibility index (Phi) is 4.53. The summed E-state index contributed by atoms with van der Waals surface area (Å²) < 4.78 is 0.818. The van der Waals surface area contributed by atoms with E-state index in [9.17, 15) is 0 Å². The first-order chi connectivity index (χ1) is 9.06. The summed E-state index contributed by atoms with van der Waals surface area (Å²) >= 11 is 3.43. The van der Waals surface area contributed by atoms with Gasteiger partial charge in [-0.25, -0.2) is 9.97 Å².